The van der Waals surface area contributed by atoms with Crippen LogP contribution in [0.15, 0.2) is 47.8 Å². The van der Waals surface area contributed by atoms with Crippen LogP contribution < -0.4 is 5.32 Å². The number of aliphatic imine (C=N–C) groups is 1. The third kappa shape index (κ3) is 4.28. The van der Waals surface area contributed by atoms with Crippen LogP contribution in [-0.2, 0) is 0 Å². The van der Waals surface area contributed by atoms with Gasteiger partial charge in [0.15, 0.2) is 0 Å². The van der Waals surface area contributed by atoms with Crippen molar-refractivity contribution >= 4 is 22.6 Å². The minimum atomic E-state index is 0.494. The molecule has 0 atom stereocenters. The highest BCUT2D eigenvalue weighted by Crippen LogP contribution is 2.21. The number of aromatic nitrogens is 3. The van der Waals surface area contributed by atoms with Crippen LogP contribution in [-0.4, -0.2) is 33.8 Å². The molecule has 0 saturated heterocycles. The van der Waals surface area contributed by atoms with Crippen LogP contribution in [0.4, 0.5) is 5.82 Å². The molecule has 5 nitrogen and oxygen atoms in total. The van der Waals surface area contributed by atoms with E-state index in [1.165, 1.54) is 0 Å². The van der Waals surface area contributed by atoms with Gasteiger partial charge in [-0.1, -0.05) is 27.7 Å². The van der Waals surface area contributed by atoms with Gasteiger partial charge in [-0.25, -0.2) is 9.97 Å². The van der Waals surface area contributed by atoms with E-state index < -0.39 is 0 Å². The number of hydrogen-bond donors (Lipinski definition) is 2. The number of aromatic amines is 1. The van der Waals surface area contributed by atoms with E-state index in [4.69, 9.17) is 4.99 Å². The fraction of sp³-hybridized carbons (Fsp3) is 0.381. The molecular weight excluding hydrogens is 322 g/mol. The lowest BCUT2D eigenvalue weighted by Gasteiger charge is -2.11. The molecule has 3 aromatic heterocycles. The molecular formula is C21H27N5. The molecule has 0 aliphatic carbocycles. The number of anilines is 1. The first-order valence-electron chi connectivity index (χ1n) is 9.21. The van der Waals surface area contributed by atoms with Crippen LogP contribution >= 0.6 is 0 Å². The van der Waals surface area contributed by atoms with Crippen LogP contribution in [0.3, 0.4) is 0 Å². The minimum Gasteiger partial charge on any atom is -0.370 e. The average molecular weight is 349 g/mol. The summed E-state index contributed by atoms with van der Waals surface area (Å²) in [4.78, 5) is 17.1. The van der Waals surface area contributed by atoms with E-state index in [1.807, 2.05) is 24.5 Å². The Morgan fingerprint density at radius 2 is 1.96 bits per heavy atom. The summed E-state index contributed by atoms with van der Waals surface area (Å²) in [7, 11) is 0. The van der Waals surface area contributed by atoms with Crippen LogP contribution in [0.5, 0.6) is 0 Å². The molecule has 5 heteroatoms. The predicted octanol–water partition coefficient (Wildman–Crippen LogP) is 4.52. The third-order valence-corrected chi connectivity index (χ3v) is 4.05. The maximum atomic E-state index is 4.90. The Morgan fingerprint density at radius 3 is 2.65 bits per heavy atom. The Kier molecular flexibility index (Phi) is 5.66. The zero-order valence-electron chi connectivity index (χ0n) is 16.0. The van der Waals surface area contributed by atoms with E-state index in [0.717, 1.165) is 46.8 Å². The van der Waals surface area contributed by atoms with E-state index in [0.29, 0.717) is 11.8 Å². The SMILES string of the molecule is CC(C)C/N=C(/c1ccc(NCC(C)C)nc1)c1c[nH]c2ncccc12. The summed E-state index contributed by atoms with van der Waals surface area (Å²) in [6, 6.07) is 8.14. The van der Waals surface area contributed by atoms with Gasteiger partial charge in [0.25, 0.3) is 0 Å². The molecule has 2 N–H and O–H groups in total. The maximum absolute atomic E-state index is 4.90. The molecule has 0 radical (unpaired) electrons. The summed E-state index contributed by atoms with van der Waals surface area (Å²) >= 11 is 0. The molecule has 0 aromatic carbocycles. The summed E-state index contributed by atoms with van der Waals surface area (Å²) in [5.74, 6) is 1.97. The monoisotopic (exact) mass is 349 g/mol. The largest absolute Gasteiger partial charge is 0.370 e. The molecule has 3 rings (SSSR count). The Hall–Kier alpha value is -2.69. The Morgan fingerprint density at radius 1 is 1.12 bits per heavy atom. The highest BCUT2D eigenvalue weighted by molar-refractivity contribution is 6.19. The second kappa shape index (κ2) is 8.13. The highest BCUT2D eigenvalue weighted by atomic mass is 15.0. The summed E-state index contributed by atoms with van der Waals surface area (Å²) in [5, 5.41) is 4.44. The van der Waals surface area contributed by atoms with Gasteiger partial charge in [-0.05, 0) is 36.1 Å². The normalized spacial score (nSPS) is 12.3. The summed E-state index contributed by atoms with van der Waals surface area (Å²) < 4.78 is 0. The standard InChI is InChI=1S/C21H27N5/c1-14(2)10-23-19-8-7-16(12-24-19)20(25-11-15(3)4)18-13-26-21-17(18)6-5-9-22-21/h5-9,12-15H,10-11H2,1-4H3,(H,22,26)(H,23,24)/b25-20-. The first-order chi connectivity index (χ1) is 12.5. The highest BCUT2D eigenvalue weighted by Gasteiger charge is 2.13. The number of fused-ring (bicyclic) bond motifs is 1. The molecule has 0 spiro atoms. The lowest BCUT2D eigenvalue weighted by Crippen LogP contribution is -2.10. The Labute approximate surface area is 155 Å². The van der Waals surface area contributed by atoms with Crippen molar-refractivity contribution in [3.05, 3.63) is 54.0 Å². The van der Waals surface area contributed by atoms with Crippen molar-refractivity contribution in [3.8, 4) is 0 Å². The Bertz CT molecular complexity index is 875. The van der Waals surface area contributed by atoms with Crippen molar-refractivity contribution < 1.29 is 0 Å². The van der Waals surface area contributed by atoms with Crippen molar-refractivity contribution in [1.82, 2.24) is 15.0 Å². The third-order valence-electron chi connectivity index (χ3n) is 4.05. The number of nitrogens with one attached hydrogen (secondary N) is 2. The molecule has 3 heterocycles. The fourth-order valence-electron chi connectivity index (χ4n) is 2.70. The summed E-state index contributed by atoms with van der Waals surface area (Å²) in [6.45, 7) is 10.4. The molecule has 136 valence electrons. The molecule has 0 aliphatic rings. The van der Waals surface area contributed by atoms with E-state index in [2.05, 4.69) is 60.1 Å². The molecule has 0 amide bonds. The van der Waals surface area contributed by atoms with Crippen molar-refractivity contribution in [2.24, 2.45) is 16.8 Å². The molecule has 0 saturated carbocycles. The molecule has 0 unspecified atom stereocenters. The minimum absolute atomic E-state index is 0.494. The van der Waals surface area contributed by atoms with Crippen LogP contribution in [0.2, 0.25) is 0 Å². The first-order valence-corrected chi connectivity index (χ1v) is 9.21. The van der Waals surface area contributed by atoms with Gasteiger partial charge in [0, 0.05) is 48.2 Å². The first kappa shape index (κ1) is 18.1. The van der Waals surface area contributed by atoms with Gasteiger partial charge < -0.3 is 10.3 Å². The lowest BCUT2D eigenvalue weighted by atomic mass is 10.0. The van der Waals surface area contributed by atoms with Crippen LogP contribution in [0.25, 0.3) is 11.0 Å². The van der Waals surface area contributed by atoms with E-state index in [1.54, 1.807) is 6.20 Å². The van der Waals surface area contributed by atoms with Crippen molar-refractivity contribution in [1.29, 1.82) is 0 Å². The molecule has 3 aromatic rings. The van der Waals surface area contributed by atoms with Gasteiger partial charge in [-0.3, -0.25) is 4.99 Å². The van der Waals surface area contributed by atoms with Gasteiger partial charge in [0.2, 0.25) is 0 Å². The van der Waals surface area contributed by atoms with E-state index in [-0.39, 0.29) is 0 Å². The number of H-pyrrole nitrogens is 1. The quantitative estimate of drug-likeness (QED) is 0.616. The lowest BCUT2D eigenvalue weighted by molar-refractivity contribution is 0.666. The average Bonchev–Trinajstić information content (AvgIpc) is 3.05. The number of nitrogens with zero attached hydrogens (tertiary/aromatic N) is 3. The molecule has 26 heavy (non-hydrogen) atoms. The van der Waals surface area contributed by atoms with Gasteiger partial charge >= 0.3 is 0 Å². The van der Waals surface area contributed by atoms with Crippen LogP contribution in [0.1, 0.15) is 38.8 Å². The van der Waals surface area contributed by atoms with Gasteiger partial charge in [0.1, 0.15) is 11.5 Å². The molecule has 0 bridgehead atoms. The van der Waals surface area contributed by atoms with E-state index >= 15 is 0 Å². The topological polar surface area (TPSA) is 66.0 Å². The maximum Gasteiger partial charge on any atom is 0.137 e. The van der Waals surface area contributed by atoms with Crippen molar-refractivity contribution in [2.75, 3.05) is 18.4 Å². The Balaban J connectivity index is 1.95. The van der Waals surface area contributed by atoms with Gasteiger partial charge in [-0.15, -0.1) is 0 Å². The number of hydrogen-bond acceptors (Lipinski definition) is 4. The fourth-order valence-corrected chi connectivity index (χ4v) is 2.70. The zero-order chi connectivity index (χ0) is 18.5. The van der Waals surface area contributed by atoms with Crippen LogP contribution in [0, 0.1) is 11.8 Å². The van der Waals surface area contributed by atoms with Crippen molar-refractivity contribution in [2.45, 2.75) is 27.7 Å². The molecule has 0 fully saturated rings. The second-order valence-corrected chi connectivity index (χ2v) is 7.39. The van der Waals surface area contributed by atoms with Gasteiger partial charge in [0.05, 0.1) is 5.71 Å². The predicted molar refractivity (Wildman–Crippen MR) is 109 cm³/mol. The number of pyridine rings is 2. The van der Waals surface area contributed by atoms with E-state index in [9.17, 15) is 0 Å². The van der Waals surface area contributed by atoms with Crippen molar-refractivity contribution in [3.63, 3.8) is 0 Å². The molecule has 0 aliphatic heterocycles. The number of rotatable bonds is 7. The second-order valence-electron chi connectivity index (χ2n) is 7.39. The van der Waals surface area contributed by atoms with Gasteiger partial charge in [-0.2, -0.15) is 0 Å². The summed E-state index contributed by atoms with van der Waals surface area (Å²) in [6.07, 6.45) is 5.68. The smallest absolute Gasteiger partial charge is 0.137 e. The zero-order valence-corrected chi connectivity index (χ0v) is 16.0. The summed E-state index contributed by atoms with van der Waals surface area (Å²) in [5.41, 5.74) is 3.92.